The molecule has 0 spiro atoms. The lowest BCUT2D eigenvalue weighted by atomic mass is 10.1. The van der Waals surface area contributed by atoms with Crippen LogP contribution in [0.3, 0.4) is 0 Å². The maximum atomic E-state index is 12.4. The Balaban J connectivity index is 1.70. The molecule has 1 aliphatic heterocycles. The number of aryl methyl sites for hydroxylation is 2. The average molecular weight is 388 g/mol. The van der Waals surface area contributed by atoms with Gasteiger partial charge in [-0.15, -0.1) is 11.3 Å². The van der Waals surface area contributed by atoms with Gasteiger partial charge in [0.2, 0.25) is 0 Å². The molecule has 1 N–H and O–H groups in total. The maximum absolute atomic E-state index is 12.4. The van der Waals surface area contributed by atoms with Gasteiger partial charge >= 0.3 is 0 Å². The van der Waals surface area contributed by atoms with Crippen LogP contribution in [0.5, 0.6) is 0 Å². The molecule has 8 heteroatoms. The van der Waals surface area contributed by atoms with E-state index in [1.54, 1.807) is 6.92 Å². The third-order valence-electron chi connectivity index (χ3n) is 4.93. The number of piperazine rings is 1. The van der Waals surface area contributed by atoms with Crippen LogP contribution in [-0.2, 0) is 0 Å². The second kappa shape index (κ2) is 8.06. The number of nitrogens with one attached hydrogen (secondary N) is 1. The van der Waals surface area contributed by atoms with Crippen LogP contribution in [-0.4, -0.2) is 48.5 Å². The second-order valence-corrected chi connectivity index (χ2v) is 7.94. The fourth-order valence-electron chi connectivity index (χ4n) is 3.35. The molecule has 0 aliphatic carbocycles. The highest BCUT2D eigenvalue weighted by atomic mass is 32.1. The lowest BCUT2D eigenvalue weighted by Gasteiger charge is -2.36. The van der Waals surface area contributed by atoms with E-state index in [4.69, 9.17) is 0 Å². The molecule has 7 nitrogen and oxygen atoms in total. The van der Waals surface area contributed by atoms with Crippen LogP contribution in [0.15, 0.2) is 24.3 Å². The summed E-state index contributed by atoms with van der Waals surface area (Å²) in [5.41, 5.74) is 2.97. The smallest absolute Gasteiger partial charge is 0.283 e. The van der Waals surface area contributed by atoms with E-state index in [1.807, 2.05) is 25.1 Å². The Kier molecular flexibility index (Phi) is 5.76. The lowest BCUT2D eigenvalue weighted by Crippen LogP contribution is -2.46. The Hall–Kier alpha value is -2.45. The zero-order valence-corrected chi connectivity index (χ0v) is 16.6. The van der Waals surface area contributed by atoms with E-state index >= 15 is 0 Å². The normalized spacial score (nSPS) is 15.0. The van der Waals surface area contributed by atoms with Gasteiger partial charge in [-0.05, 0) is 44.2 Å². The van der Waals surface area contributed by atoms with Crippen LogP contribution in [0.2, 0.25) is 0 Å². The molecule has 1 amide bonds. The highest BCUT2D eigenvalue weighted by Gasteiger charge is 2.20. The Morgan fingerprint density at radius 2 is 1.93 bits per heavy atom. The molecule has 0 saturated carbocycles. The molecule has 1 aliphatic rings. The fourth-order valence-corrected chi connectivity index (χ4v) is 4.23. The third kappa shape index (κ3) is 4.28. The number of amides is 1. The number of nitro groups is 1. The summed E-state index contributed by atoms with van der Waals surface area (Å²) in [5, 5.41) is 13.8. The quantitative estimate of drug-likeness (QED) is 0.625. The molecular formula is C19H24N4O3S. The van der Waals surface area contributed by atoms with Crippen molar-refractivity contribution in [3.05, 3.63) is 49.7 Å². The maximum Gasteiger partial charge on any atom is 0.283 e. The van der Waals surface area contributed by atoms with Gasteiger partial charge in [-0.25, -0.2) is 0 Å². The average Bonchev–Trinajstić information content (AvgIpc) is 3.04. The highest BCUT2D eigenvalue weighted by molar-refractivity contribution is 7.14. The van der Waals surface area contributed by atoms with E-state index in [-0.39, 0.29) is 11.6 Å². The molecule has 27 heavy (non-hydrogen) atoms. The second-order valence-electron chi connectivity index (χ2n) is 6.69. The van der Waals surface area contributed by atoms with Crippen LogP contribution >= 0.6 is 11.3 Å². The van der Waals surface area contributed by atoms with Crippen molar-refractivity contribution in [3.8, 4) is 0 Å². The molecule has 2 heterocycles. The summed E-state index contributed by atoms with van der Waals surface area (Å²) in [6.07, 6.45) is 0. The number of carbonyl (C=O) groups is 1. The van der Waals surface area contributed by atoms with Crippen molar-refractivity contribution < 1.29 is 9.72 Å². The Morgan fingerprint density at radius 1 is 1.22 bits per heavy atom. The Bertz CT molecular complexity index is 857. The number of hydrogen-bond acceptors (Lipinski definition) is 6. The molecule has 0 unspecified atom stereocenters. The molecule has 0 atom stereocenters. The predicted octanol–water partition coefficient (Wildman–Crippen LogP) is 3.67. The van der Waals surface area contributed by atoms with Crippen LogP contribution in [0.25, 0.3) is 0 Å². The van der Waals surface area contributed by atoms with Gasteiger partial charge in [0.25, 0.3) is 11.6 Å². The van der Waals surface area contributed by atoms with Crippen molar-refractivity contribution in [3.63, 3.8) is 0 Å². The van der Waals surface area contributed by atoms with Crippen molar-refractivity contribution >= 4 is 34.3 Å². The van der Waals surface area contributed by atoms with Crippen molar-refractivity contribution in [1.29, 1.82) is 0 Å². The summed E-state index contributed by atoms with van der Waals surface area (Å²) in [4.78, 5) is 28.6. The number of thiophene rings is 1. The van der Waals surface area contributed by atoms with Gasteiger partial charge in [-0.1, -0.05) is 6.92 Å². The molecule has 1 saturated heterocycles. The van der Waals surface area contributed by atoms with Gasteiger partial charge in [0.1, 0.15) is 0 Å². The highest BCUT2D eigenvalue weighted by Crippen LogP contribution is 2.29. The van der Waals surface area contributed by atoms with Crippen molar-refractivity contribution in [2.45, 2.75) is 20.8 Å². The number of hydrogen-bond donors (Lipinski definition) is 1. The predicted molar refractivity (Wildman–Crippen MR) is 109 cm³/mol. The standard InChI is InChI=1S/C19H24N4O3S/c1-4-21-7-9-22(10-8-21)16-6-5-15(11-13(16)2)20-19(24)18-12-17(23(25)26)14(3)27-18/h5-6,11-12H,4,7-10H2,1-3H3,(H,20,24). The molecule has 0 bridgehead atoms. The Labute approximate surface area is 162 Å². The number of anilines is 2. The van der Waals surface area contributed by atoms with E-state index < -0.39 is 4.92 Å². The molecule has 0 radical (unpaired) electrons. The number of rotatable bonds is 5. The van der Waals surface area contributed by atoms with Gasteiger partial charge in [0, 0.05) is 43.6 Å². The summed E-state index contributed by atoms with van der Waals surface area (Å²) in [5.74, 6) is -0.320. The largest absolute Gasteiger partial charge is 0.369 e. The van der Waals surface area contributed by atoms with Gasteiger partial charge in [0.15, 0.2) is 0 Å². The first-order chi connectivity index (χ1) is 12.9. The molecule has 2 aromatic rings. The molecule has 1 aromatic heterocycles. The number of carbonyl (C=O) groups excluding carboxylic acids is 1. The van der Waals surface area contributed by atoms with Gasteiger partial charge in [0.05, 0.1) is 14.7 Å². The van der Waals surface area contributed by atoms with Crippen molar-refractivity contribution in [1.82, 2.24) is 4.90 Å². The topological polar surface area (TPSA) is 78.7 Å². The Morgan fingerprint density at radius 3 is 2.48 bits per heavy atom. The molecule has 1 fully saturated rings. The van der Waals surface area contributed by atoms with Gasteiger partial charge < -0.3 is 15.1 Å². The van der Waals surface area contributed by atoms with Crippen LogP contribution in [0, 0.1) is 24.0 Å². The minimum absolute atomic E-state index is 0.0112. The summed E-state index contributed by atoms with van der Waals surface area (Å²) in [7, 11) is 0. The monoisotopic (exact) mass is 388 g/mol. The van der Waals surface area contributed by atoms with Crippen LogP contribution < -0.4 is 10.2 Å². The minimum Gasteiger partial charge on any atom is -0.369 e. The van der Waals surface area contributed by atoms with E-state index in [1.165, 1.54) is 11.8 Å². The van der Waals surface area contributed by atoms with Crippen molar-refractivity contribution in [2.75, 3.05) is 42.9 Å². The fraction of sp³-hybridized carbons (Fsp3) is 0.421. The molecular weight excluding hydrogens is 364 g/mol. The summed E-state index contributed by atoms with van der Waals surface area (Å²) in [6, 6.07) is 7.22. The molecule has 144 valence electrons. The number of benzene rings is 1. The zero-order valence-electron chi connectivity index (χ0n) is 15.8. The first kappa shape index (κ1) is 19.3. The SMILES string of the molecule is CCN1CCN(c2ccc(NC(=O)c3cc([N+](=O)[O-])c(C)s3)cc2C)CC1. The first-order valence-electron chi connectivity index (χ1n) is 9.03. The minimum atomic E-state index is -0.458. The lowest BCUT2D eigenvalue weighted by molar-refractivity contribution is -0.385. The van der Waals surface area contributed by atoms with Crippen LogP contribution in [0.4, 0.5) is 17.1 Å². The summed E-state index contributed by atoms with van der Waals surface area (Å²) >= 11 is 1.14. The first-order valence-corrected chi connectivity index (χ1v) is 9.84. The van der Waals surface area contributed by atoms with E-state index in [0.717, 1.165) is 49.6 Å². The number of likely N-dealkylation sites (N-methyl/N-ethyl adjacent to an activating group) is 1. The van der Waals surface area contributed by atoms with E-state index in [9.17, 15) is 14.9 Å². The summed E-state index contributed by atoms with van der Waals surface area (Å²) < 4.78 is 0. The third-order valence-corrected chi connectivity index (χ3v) is 5.97. The van der Waals surface area contributed by atoms with E-state index in [2.05, 4.69) is 22.0 Å². The molecule has 1 aromatic carbocycles. The van der Waals surface area contributed by atoms with Gasteiger partial charge in [-0.2, -0.15) is 0 Å². The van der Waals surface area contributed by atoms with Crippen LogP contribution in [0.1, 0.15) is 27.0 Å². The van der Waals surface area contributed by atoms with E-state index in [0.29, 0.717) is 15.4 Å². The number of nitrogens with zero attached hydrogens (tertiary/aromatic N) is 3. The molecule has 3 rings (SSSR count). The summed E-state index contributed by atoms with van der Waals surface area (Å²) in [6.45, 7) is 11.1. The zero-order chi connectivity index (χ0) is 19.6. The van der Waals surface area contributed by atoms with Gasteiger partial charge in [-0.3, -0.25) is 14.9 Å². The van der Waals surface area contributed by atoms with Crippen molar-refractivity contribution in [2.24, 2.45) is 0 Å².